The fraction of sp³-hybridized carbons (Fsp3) is 0.294. The molecule has 0 unspecified atom stereocenters. The highest BCUT2D eigenvalue weighted by Gasteiger charge is 2.04. The van der Waals surface area contributed by atoms with Crippen LogP contribution in [0.15, 0.2) is 55.1 Å². The maximum atomic E-state index is 5.55. The maximum Gasteiger partial charge on any atom is 0.252 e. The molecule has 6 heteroatoms. The standard InChI is InChI=1S/C17H21N4O.ClH/c1-2-10-22-14-20-9-5-6-15(11-20)18-12-21-13-19-16-7-3-4-8-17(16)21;/h3-9,11,13,18H,2,10,12,14H2,1H3;1H/q+1;/p-1. The molecular weight excluding hydrogens is 312 g/mol. The first-order chi connectivity index (χ1) is 10.9. The summed E-state index contributed by atoms with van der Waals surface area (Å²) in [5.74, 6) is 0. The monoisotopic (exact) mass is 332 g/mol. The van der Waals surface area contributed by atoms with Gasteiger partial charge in [-0.05, 0) is 24.6 Å². The van der Waals surface area contributed by atoms with Gasteiger partial charge in [-0.25, -0.2) is 4.98 Å². The number of benzene rings is 1. The van der Waals surface area contributed by atoms with Crippen molar-refractivity contribution >= 4 is 16.7 Å². The smallest absolute Gasteiger partial charge is 0.252 e. The first kappa shape index (κ1) is 17.2. The van der Waals surface area contributed by atoms with Crippen LogP contribution < -0.4 is 22.3 Å². The minimum Gasteiger partial charge on any atom is -1.00 e. The van der Waals surface area contributed by atoms with Gasteiger partial charge in [0, 0.05) is 6.07 Å². The van der Waals surface area contributed by atoms with Crippen molar-refractivity contribution in [2.24, 2.45) is 0 Å². The molecule has 0 bridgehead atoms. The van der Waals surface area contributed by atoms with Crippen LogP contribution >= 0.6 is 0 Å². The molecule has 0 aliphatic carbocycles. The van der Waals surface area contributed by atoms with Gasteiger partial charge >= 0.3 is 0 Å². The number of halogens is 1. The van der Waals surface area contributed by atoms with Crippen molar-refractivity contribution in [2.75, 3.05) is 11.9 Å². The Labute approximate surface area is 142 Å². The van der Waals surface area contributed by atoms with Crippen molar-refractivity contribution in [3.8, 4) is 0 Å². The number of fused-ring (bicyclic) bond motifs is 1. The highest BCUT2D eigenvalue weighted by atomic mass is 35.5. The first-order valence-corrected chi connectivity index (χ1v) is 7.57. The molecule has 0 spiro atoms. The second kappa shape index (κ2) is 8.50. The summed E-state index contributed by atoms with van der Waals surface area (Å²) in [6.07, 6.45) is 6.95. The van der Waals surface area contributed by atoms with Crippen molar-refractivity contribution < 1.29 is 21.7 Å². The maximum absolute atomic E-state index is 5.55. The van der Waals surface area contributed by atoms with Gasteiger partial charge in [-0.1, -0.05) is 19.1 Å². The van der Waals surface area contributed by atoms with Gasteiger partial charge in [0.2, 0.25) is 0 Å². The van der Waals surface area contributed by atoms with E-state index in [1.165, 1.54) is 0 Å². The molecule has 0 fully saturated rings. The summed E-state index contributed by atoms with van der Waals surface area (Å²) in [7, 11) is 0. The summed E-state index contributed by atoms with van der Waals surface area (Å²) in [4.78, 5) is 4.40. The fourth-order valence-corrected chi connectivity index (χ4v) is 2.33. The number of aromatic nitrogens is 3. The summed E-state index contributed by atoms with van der Waals surface area (Å²) in [6.45, 7) is 4.15. The fourth-order valence-electron chi connectivity index (χ4n) is 2.33. The molecule has 122 valence electrons. The van der Waals surface area contributed by atoms with Crippen LogP contribution in [-0.4, -0.2) is 16.2 Å². The van der Waals surface area contributed by atoms with Crippen LogP contribution in [0.4, 0.5) is 5.69 Å². The van der Waals surface area contributed by atoms with Crippen molar-refractivity contribution in [1.82, 2.24) is 9.55 Å². The van der Waals surface area contributed by atoms with E-state index >= 15 is 0 Å². The first-order valence-electron chi connectivity index (χ1n) is 7.57. The molecule has 2 heterocycles. The van der Waals surface area contributed by atoms with Crippen molar-refractivity contribution in [3.63, 3.8) is 0 Å². The highest BCUT2D eigenvalue weighted by Crippen LogP contribution is 2.12. The van der Waals surface area contributed by atoms with Crippen molar-refractivity contribution in [2.45, 2.75) is 26.7 Å². The Bertz CT molecular complexity index is 744. The largest absolute Gasteiger partial charge is 1.00 e. The molecule has 1 aromatic carbocycles. The van der Waals surface area contributed by atoms with Gasteiger partial charge in [0.15, 0.2) is 12.4 Å². The molecule has 0 radical (unpaired) electrons. The van der Waals surface area contributed by atoms with E-state index in [1.54, 1.807) is 0 Å². The lowest BCUT2D eigenvalue weighted by Gasteiger charge is -2.07. The third-order valence-electron chi connectivity index (χ3n) is 3.43. The molecule has 0 atom stereocenters. The number of hydrogen-bond acceptors (Lipinski definition) is 3. The van der Waals surface area contributed by atoms with Crippen LogP contribution in [0.2, 0.25) is 0 Å². The van der Waals surface area contributed by atoms with E-state index in [0.717, 1.165) is 29.7 Å². The minimum absolute atomic E-state index is 0. The van der Waals surface area contributed by atoms with Crippen LogP contribution in [-0.2, 0) is 18.1 Å². The van der Waals surface area contributed by atoms with E-state index in [-0.39, 0.29) is 12.4 Å². The van der Waals surface area contributed by atoms with Gasteiger partial charge in [0.05, 0.1) is 30.6 Å². The molecule has 3 aromatic rings. The van der Waals surface area contributed by atoms with Crippen LogP contribution in [0.3, 0.4) is 0 Å². The second-order valence-electron chi connectivity index (χ2n) is 5.18. The summed E-state index contributed by atoms with van der Waals surface area (Å²) in [5, 5.41) is 3.42. The van der Waals surface area contributed by atoms with E-state index in [2.05, 4.69) is 40.1 Å². The lowest BCUT2D eigenvalue weighted by atomic mass is 10.3. The van der Waals surface area contributed by atoms with Gasteiger partial charge in [0.25, 0.3) is 6.73 Å². The number of anilines is 1. The Kier molecular flexibility index (Phi) is 6.38. The molecule has 0 saturated carbocycles. The minimum atomic E-state index is 0. The summed E-state index contributed by atoms with van der Waals surface area (Å²) < 4.78 is 9.68. The number of para-hydroxylation sites is 2. The van der Waals surface area contributed by atoms with E-state index in [1.807, 2.05) is 41.4 Å². The number of nitrogens with zero attached hydrogens (tertiary/aromatic N) is 3. The Hall–Kier alpha value is -2.11. The average molecular weight is 333 g/mol. The number of pyridine rings is 1. The molecule has 0 saturated heterocycles. The van der Waals surface area contributed by atoms with Crippen LogP contribution in [0.5, 0.6) is 0 Å². The zero-order valence-electron chi connectivity index (χ0n) is 13.2. The Morgan fingerprint density at radius 1 is 1.22 bits per heavy atom. The summed E-state index contributed by atoms with van der Waals surface area (Å²) >= 11 is 0. The third-order valence-corrected chi connectivity index (χ3v) is 3.43. The molecule has 1 N–H and O–H groups in total. The van der Waals surface area contributed by atoms with Crippen molar-refractivity contribution in [1.29, 1.82) is 0 Å². The zero-order valence-corrected chi connectivity index (χ0v) is 13.9. The molecule has 0 aliphatic heterocycles. The van der Waals surface area contributed by atoms with Crippen LogP contribution in [0, 0.1) is 0 Å². The van der Waals surface area contributed by atoms with E-state index in [0.29, 0.717) is 13.4 Å². The van der Waals surface area contributed by atoms with Crippen LogP contribution in [0.25, 0.3) is 11.0 Å². The van der Waals surface area contributed by atoms with Gasteiger partial charge in [-0.2, -0.15) is 4.57 Å². The SMILES string of the molecule is CCCOC[n+]1cccc(NCn2cnc3ccccc32)c1.[Cl-]. The molecule has 3 rings (SSSR count). The highest BCUT2D eigenvalue weighted by molar-refractivity contribution is 5.74. The lowest BCUT2D eigenvalue weighted by Crippen LogP contribution is -3.00. The molecule has 5 nitrogen and oxygen atoms in total. The quantitative estimate of drug-likeness (QED) is 0.480. The van der Waals surface area contributed by atoms with Gasteiger partial charge in [-0.3, -0.25) is 0 Å². The topological polar surface area (TPSA) is 43.0 Å². The molecule has 0 aliphatic rings. The van der Waals surface area contributed by atoms with E-state index in [4.69, 9.17) is 4.74 Å². The van der Waals surface area contributed by atoms with Gasteiger partial charge in [0.1, 0.15) is 5.69 Å². The average Bonchev–Trinajstić information content (AvgIpc) is 2.97. The Morgan fingerprint density at radius 2 is 2.09 bits per heavy atom. The van der Waals surface area contributed by atoms with Gasteiger partial charge in [-0.15, -0.1) is 0 Å². The van der Waals surface area contributed by atoms with Crippen LogP contribution in [0.1, 0.15) is 13.3 Å². The lowest BCUT2D eigenvalue weighted by molar-refractivity contribution is -0.732. The summed E-state index contributed by atoms with van der Waals surface area (Å²) in [5.41, 5.74) is 3.20. The molecule has 0 amide bonds. The predicted octanol–water partition coefficient (Wildman–Crippen LogP) is -0.218. The zero-order chi connectivity index (χ0) is 15.2. The third kappa shape index (κ3) is 4.43. The Balaban J connectivity index is 0.00000192. The predicted molar refractivity (Wildman–Crippen MR) is 86.2 cm³/mol. The van der Waals surface area contributed by atoms with E-state index in [9.17, 15) is 0 Å². The molecular formula is C17H21ClN4O. The summed E-state index contributed by atoms with van der Waals surface area (Å²) in [6, 6.07) is 12.2. The number of hydrogen-bond donors (Lipinski definition) is 1. The normalized spacial score (nSPS) is 10.5. The second-order valence-corrected chi connectivity index (χ2v) is 5.18. The number of imidazole rings is 1. The number of rotatable bonds is 7. The molecule has 2 aromatic heterocycles. The van der Waals surface area contributed by atoms with E-state index < -0.39 is 0 Å². The number of ether oxygens (including phenoxy) is 1. The van der Waals surface area contributed by atoms with Crippen molar-refractivity contribution in [3.05, 3.63) is 55.1 Å². The number of nitrogens with one attached hydrogen (secondary N) is 1. The Morgan fingerprint density at radius 3 is 2.96 bits per heavy atom. The van der Waals surface area contributed by atoms with Gasteiger partial charge < -0.3 is 27.0 Å². The molecule has 23 heavy (non-hydrogen) atoms.